The highest BCUT2D eigenvalue weighted by Gasteiger charge is 2.08. The Labute approximate surface area is 148 Å². The third-order valence-electron chi connectivity index (χ3n) is 3.77. The van der Waals surface area contributed by atoms with Crippen molar-refractivity contribution in [3.05, 3.63) is 71.3 Å². The lowest BCUT2D eigenvalue weighted by atomic mass is 10.1. The zero-order valence-corrected chi connectivity index (χ0v) is 14.5. The Balaban J connectivity index is 1.75. The maximum absolute atomic E-state index is 12.1. The van der Waals surface area contributed by atoms with Gasteiger partial charge in [-0.25, -0.2) is 0 Å². The van der Waals surface area contributed by atoms with Crippen LogP contribution >= 0.6 is 0 Å². The number of ether oxygens (including phenoxy) is 1. The van der Waals surface area contributed by atoms with Gasteiger partial charge in [0, 0.05) is 31.3 Å². The monoisotopic (exact) mass is 340 g/mol. The molecule has 5 heteroatoms. The van der Waals surface area contributed by atoms with Crippen molar-refractivity contribution in [1.82, 2.24) is 10.6 Å². The van der Waals surface area contributed by atoms with Gasteiger partial charge in [-0.05, 0) is 42.7 Å². The third-order valence-corrected chi connectivity index (χ3v) is 3.77. The molecule has 2 amide bonds. The van der Waals surface area contributed by atoms with Gasteiger partial charge in [-0.2, -0.15) is 0 Å². The molecule has 0 saturated heterocycles. The first-order valence-corrected chi connectivity index (χ1v) is 8.40. The average molecular weight is 340 g/mol. The van der Waals surface area contributed by atoms with Crippen LogP contribution in [0.4, 0.5) is 0 Å². The molecule has 25 heavy (non-hydrogen) atoms. The molecule has 0 aliphatic rings. The maximum Gasteiger partial charge on any atom is 0.251 e. The van der Waals surface area contributed by atoms with Gasteiger partial charge in [-0.3, -0.25) is 9.59 Å². The molecule has 0 bridgehead atoms. The van der Waals surface area contributed by atoms with Crippen molar-refractivity contribution in [3.63, 3.8) is 0 Å². The van der Waals surface area contributed by atoms with Crippen LogP contribution < -0.4 is 10.6 Å². The van der Waals surface area contributed by atoms with Gasteiger partial charge in [0.25, 0.3) is 11.8 Å². The fraction of sp³-hybridized carbons (Fsp3) is 0.300. The van der Waals surface area contributed by atoms with Crippen LogP contribution in [0.15, 0.2) is 54.6 Å². The van der Waals surface area contributed by atoms with Crippen LogP contribution in [0, 0.1) is 0 Å². The van der Waals surface area contributed by atoms with E-state index in [0.29, 0.717) is 30.8 Å². The molecule has 2 N–H and O–H groups in total. The Morgan fingerprint density at radius 1 is 0.840 bits per heavy atom. The van der Waals surface area contributed by atoms with E-state index in [1.165, 1.54) is 5.56 Å². The van der Waals surface area contributed by atoms with Crippen LogP contribution in [-0.4, -0.2) is 38.6 Å². The highest BCUT2D eigenvalue weighted by Crippen LogP contribution is 2.05. The van der Waals surface area contributed by atoms with Gasteiger partial charge >= 0.3 is 0 Å². The van der Waals surface area contributed by atoms with Crippen molar-refractivity contribution in [2.45, 2.75) is 12.8 Å². The predicted octanol–water partition coefficient (Wildman–Crippen LogP) is 2.43. The number of carbonyl (C=O) groups is 2. The Morgan fingerprint density at radius 3 is 1.96 bits per heavy atom. The number of hydrogen-bond acceptors (Lipinski definition) is 3. The van der Waals surface area contributed by atoms with Gasteiger partial charge < -0.3 is 15.4 Å². The molecule has 2 rings (SSSR count). The number of benzene rings is 2. The number of nitrogens with one attached hydrogen (secondary N) is 2. The predicted molar refractivity (Wildman–Crippen MR) is 97.7 cm³/mol. The molecule has 0 aromatic heterocycles. The van der Waals surface area contributed by atoms with Gasteiger partial charge in [-0.15, -0.1) is 0 Å². The van der Waals surface area contributed by atoms with Crippen LogP contribution in [0.5, 0.6) is 0 Å². The fourth-order valence-electron chi connectivity index (χ4n) is 2.38. The Kier molecular flexibility index (Phi) is 7.66. The van der Waals surface area contributed by atoms with Crippen molar-refractivity contribution in [3.8, 4) is 0 Å². The van der Waals surface area contributed by atoms with Crippen molar-refractivity contribution in [2.24, 2.45) is 0 Å². The standard InChI is InChI=1S/C20H24N2O3/c1-25-15-14-22-20(24)18-11-9-17(10-12-18)19(23)21-13-5-8-16-6-3-2-4-7-16/h2-4,6-7,9-12H,5,8,13-15H2,1H3,(H,21,23)(H,22,24). The van der Waals surface area contributed by atoms with E-state index in [-0.39, 0.29) is 11.8 Å². The molecule has 0 saturated carbocycles. The second kappa shape index (κ2) is 10.3. The Hall–Kier alpha value is -2.66. The van der Waals surface area contributed by atoms with E-state index in [0.717, 1.165) is 12.8 Å². The van der Waals surface area contributed by atoms with Crippen molar-refractivity contribution in [2.75, 3.05) is 26.8 Å². The molecule has 132 valence electrons. The minimum atomic E-state index is -0.174. The molecule has 0 radical (unpaired) electrons. The van der Waals surface area contributed by atoms with E-state index >= 15 is 0 Å². The molecule has 0 aliphatic carbocycles. The number of rotatable bonds is 9. The molecular weight excluding hydrogens is 316 g/mol. The third kappa shape index (κ3) is 6.39. The number of hydrogen-bond donors (Lipinski definition) is 2. The molecule has 0 aliphatic heterocycles. The van der Waals surface area contributed by atoms with Crippen molar-refractivity contribution in [1.29, 1.82) is 0 Å². The van der Waals surface area contributed by atoms with Gasteiger partial charge in [-0.1, -0.05) is 30.3 Å². The second-order valence-electron chi connectivity index (χ2n) is 5.67. The van der Waals surface area contributed by atoms with E-state index < -0.39 is 0 Å². The van der Waals surface area contributed by atoms with E-state index in [4.69, 9.17) is 4.74 Å². The molecule has 2 aromatic carbocycles. The van der Waals surface area contributed by atoms with Crippen LogP contribution in [0.2, 0.25) is 0 Å². The zero-order chi connectivity index (χ0) is 17.9. The summed E-state index contributed by atoms with van der Waals surface area (Å²) in [6, 6.07) is 16.8. The largest absolute Gasteiger partial charge is 0.383 e. The SMILES string of the molecule is COCCNC(=O)c1ccc(C(=O)NCCCc2ccccc2)cc1. The molecule has 0 unspecified atom stereocenters. The quantitative estimate of drug-likeness (QED) is 0.689. The normalized spacial score (nSPS) is 10.3. The van der Waals surface area contributed by atoms with Gasteiger partial charge in [0.15, 0.2) is 0 Å². The van der Waals surface area contributed by atoms with E-state index in [1.807, 2.05) is 18.2 Å². The lowest BCUT2D eigenvalue weighted by Gasteiger charge is -2.07. The van der Waals surface area contributed by atoms with Gasteiger partial charge in [0.05, 0.1) is 6.61 Å². The average Bonchev–Trinajstić information content (AvgIpc) is 2.66. The number of carbonyl (C=O) groups excluding carboxylic acids is 2. The summed E-state index contributed by atoms with van der Waals surface area (Å²) in [6.45, 7) is 1.54. The summed E-state index contributed by atoms with van der Waals surface area (Å²) in [5, 5.41) is 5.65. The Morgan fingerprint density at radius 2 is 1.40 bits per heavy atom. The first-order chi connectivity index (χ1) is 12.2. The lowest BCUT2D eigenvalue weighted by molar-refractivity contribution is 0.0931. The summed E-state index contributed by atoms with van der Waals surface area (Å²) < 4.78 is 4.89. The zero-order valence-electron chi connectivity index (χ0n) is 14.5. The summed E-state index contributed by atoms with van der Waals surface area (Å²) in [5.74, 6) is -0.300. The van der Waals surface area contributed by atoms with Crippen LogP contribution in [0.1, 0.15) is 32.7 Å². The minimum Gasteiger partial charge on any atom is -0.383 e. The van der Waals surface area contributed by atoms with E-state index in [1.54, 1.807) is 31.4 Å². The molecule has 0 heterocycles. The minimum absolute atomic E-state index is 0.126. The first-order valence-electron chi connectivity index (χ1n) is 8.40. The van der Waals surface area contributed by atoms with Crippen molar-refractivity contribution < 1.29 is 14.3 Å². The second-order valence-corrected chi connectivity index (χ2v) is 5.67. The highest BCUT2D eigenvalue weighted by atomic mass is 16.5. The summed E-state index contributed by atoms with van der Waals surface area (Å²) in [4.78, 5) is 24.0. The number of methoxy groups -OCH3 is 1. The molecule has 0 spiro atoms. The van der Waals surface area contributed by atoms with Crippen LogP contribution in [-0.2, 0) is 11.2 Å². The first kappa shape index (κ1) is 18.7. The summed E-state index contributed by atoms with van der Waals surface area (Å²) in [6.07, 6.45) is 1.82. The highest BCUT2D eigenvalue weighted by molar-refractivity contribution is 5.97. The topological polar surface area (TPSA) is 67.4 Å². The smallest absolute Gasteiger partial charge is 0.251 e. The molecular formula is C20H24N2O3. The Bertz CT molecular complexity index is 669. The van der Waals surface area contributed by atoms with E-state index in [9.17, 15) is 9.59 Å². The molecule has 2 aromatic rings. The van der Waals surface area contributed by atoms with Crippen LogP contribution in [0.3, 0.4) is 0 Å². The molecule has 0 atom stereocenters. The van der Waals surface area contributed by atoms with Gasteiger partial charge in [0.1, 0.15) is 0 Å². The fourth-order valence-corrected chi connectivity index (χ4v) is 2.38. The maximum atomic E-state index is 12.1. The lowest BCUT2D eigenvalue weighted by Crippen LogP contribution is -2.27. The summed E-state index contributed by atoms with van der Waals surface area (Å²) in [5.41, 5.74) is 2.34. The summed E-state index contributed by atoms with van der Waals surface area (Å²) >= 11 is 0. The van der Waals surface area contributed by atoms with E-state index in [2.05, 4.69) is 22.8 Å². The molecule has 0 fully saturated rings. The van der Waals surface area contributed by atoms with Crippen molar-refractivity contribution >= 4 is 11.8 Å². The summed E-state index contributed by atoms with van der Waals surface area (Å²) in [7, 11) is 1.58. The number of aryl methyl sites for hydroxylation is 1. The van der Waals surface area contributed by atoms with Crippen LogP contribution in [0.25, 0.3) is 0 Å². The molecule has 5 nitrogen and oxygen atoms in total. The number of amides is 2. The van der Waals surface area contributed by atoms with Gasteiger partial charge in [0.2, 0.25) is 0 Å².